The number of ether oxygens (including phenoxy) is 1. The molecule has 1 amide bonds. The SMILES string of the molecule is NCC1CCC(C(=O)Nc2cc(F)c(F)cc2C(=O)O)O1. The summed E-state index contributed by atoms with van der Waals surface area (Å²) in [6, 6.07) is 1.15. The number of amides is 1. The van der Waals surface area contributed by atoms with Crippen LogP contribution in [0.25, 0.3) is 0 Å². The van der Waals surface area contributed by atoms with Gasteiger partial charge in [-0.05, 0) is 18.9 Å². The number of aromatic carboxylic acids is 1. The van der Waals surface area contributed by atoms with Crippen LogP contribution in [0, 0.1) is 11.6 Å². The summed E-state index contributed by atoms with van der Waals surface area (Å²) in [5.41, 5.74) is 4.58. The van der Waals surface area contributed by atoms with Gasteiger partial charge in [0, 0.05) is 12.6 Å². The molecule has 21 heavy (non-hydrogen) atoms. The second-order valence-corrected chi connectivity index (χ2v) is 4.67. The third kappa shape index (κ3) is 3.34. The van der Waals surface area contributed by atoms with Crippen molar-refractivity contribution in [1.82, 2.24) is 0 Å². The van der Waals surface area contributed by atoms with Crippen molar-refractivity contribution in [2.75, 3.05) is 11.9 Å². The zero-order valence-corrected chi connectivity index (χ0v) is 10.9. The standard InChI is InChI=1S/C13H14F2N2O4/c14-8-3-7(13(19)20)10(4-9(8)15)17-12(18)11-2-1-6(5-16)21-11/h3-4,6,11H,1-2,5,16H2,(H,17,18)(H,19,20). The van der Waals surface area contributed by atoms with Gasteiger partial charge in [-0.25, -0.2) is 13.6 Å². The Hall–Kier alpha value is -2.06. The van der Waals surface area contributed by atoms with Crippen LogP contribution in [0.2, 0.25) is 0 Å². The summed E-state index contributed by atoms with van der Waals surface area (Å²) < 4.78 is 31.6. The van der Waals surface area contributed by atoms with Crippen LogP contribution in [0.15, 0.2) is 12.1 Å². The number of carboxylic acid groups (broad SMARTS) is 1. The summed E-state index contributed by atoms with van der Waals surface area (Å²) >= 11 is 0. The van der Waals surface area contributed by atoms with Gasteiger partial charge in [-0.2, -0.15) is 0 Å². The molecule has 8 heteroatoms. The lowest BCUT2D eigenvalue weighted by molar-refractivity contribution is -0.126. The van der Waals surface area contributed by atoms with Gasteiger partial charge in [0.1, 0.15) is 6.10 Å². The van der Waals surface area contributed by atoms with Crippen LogP contribution in [0.4, 0.5) is 14.5 Å². The maximum atomic E-state index is 13.2. The highest BCUT2D eigenvalue weighted by Gasteiger charge is 2.30. The van der Waals surface area contributed by atoms with Gasteiger partial charge in [-0.3, -0.25) is 4.79 Å². The van der Waals surface area contributed by atoms with E-state index >= 15 is 0 Å². The van der Waals surface area contributed by atoms with E-state index in [1.54, 1.807) is 0 Å². The van der Waals surface area contributed by atoms with Gasteiger partial charge >= 0.3 is 5.97 Å². The van der Waals surface area contributed by atoms with E-state index in [1.165, 1.54) is 0 Å². The third-order valence-electron chi connectivity index (χ3n) is 3.21. The van der Waals surface area contributed by atoms with E-state index in [4.69, 9.17) is 15.6 Å². The summed E-state index contributed by atoms with van der Waals surface area (Å²) in [6.07, 6.45) is 0.0238. The monoisotopic (exact) mass is 300 g/mol. The average Bonchev–Trinajstić information content (AvgIpc) is 2.91. The molecule has 2 rings (SSSR count). The molecule has 4 N–H and O–H groups in total. The predicted molar refractivity (Wildman–Crippen MR) is 68.9 cm³/mol. The van der Waals surface area contributed by atoms with Crippen molar-refractivity contribution < 1.29 is 28.2 Å². The molecule has 114 valence electrons. The number of rotatable bonds is 4. The molecule has 1 saturated heterocycles. The Morgan fingerprint density at radius 3 is 2.57 bits per heavy atom. The molecular weight excluding hydrogens is 286 g/mol. The van der Waals surface area contributed by atoms with Crippen LogP contribution in [0.1, 0.15) is 23.2 Å². The highest BCUT2D eigenvalue weighted by atomic mass is 19.2. The fraction of sp³-hybridized carbons (Fsp3) is 0.385. The number of nitrogens with one attached hydrogen (secondary N) is 1. The van der Waals surface area contributed by atoms with Crippen molar-refractivity contribution in [3.63, 3.8) is 0 Å². The Kier molecular flexibility index (Phi) is 4.49. The fourth-order valence-corrected chi connectivity index (χ4v) is 2.11. The van der Waals surface area contributed by atoms with Gasteiger partial charge in [-0.1, -0.05) is 0 Å². The minimum atomic E-state index is -1.48. The minimum Gasteiger partial charge on any atom is -0.478 e. The largest absolute Gasteiger partial charge is 0.478 e. The summed E-state index contributed by atoms with van der Waals surface area (Å²) in [5, 5.41) is 11.2. The molecule has 0 saturated carbocycles. The van der Waals surface area contributed by atoms with E-state index in [1.807, 2.05) is 0 Å². The molecule has 0 aromatic heterocycles. The van der Waals surface area contributed by atoms with Gasteiger partial charge in [0.25, 0.3) is 5.91 Å². The second kappa shape index (κ2) is 6.15. The number of carboxylic acids is 1. The molecule has 0 spiro atoms. The predicted octanol–water partition coefficient (Wildman–Crippen LogP) is 1.11. The summed E-state index contributed by atoms with van der Waals surface area (Å²) in [4.78, 5) is 23.0. The first kappa shape index (κ1) is 15.3. The molecule has 0 aliphatic carbocycles. The van der Waals surface area contributed by atoms with E-state index in [0.717, 1.165) is 0 Å². The highest BCUT2D eigenvalue weighted by Crippen LogP contribution is 2.23. The highest BCUT2D eigenvalue weighted by molar-refractivity contribution is 6.01. The molecule has 1 aromatic rings. The summed E-state index contributed by atoms with van der Waals surface area (Å²) in [6.45, 7) is 0.273. The molecule has 6 nitrogen and oxygen atoms in total. The van der Waals surface area contributed by atoms with Crippen molar-refractivity contribution in [3.05, 3.63) is 29.3 Å². The molecule has 0 radical (unpaired) electrons. The number of halogens is 2. The number of carbonyl (C=O) groups excluding carboxylic acids is 1. The smallest absolute Gasteiger partial charge is 0.337 e. The van der Waals surface area contributed by atoms with E-state index in [0.29, 0.717) is 25.0 Å². The molecule has 1 aliphatic heterocycles. The van der Waals surface area contributed by atoms with E-state index in [2.05, 4.69) is 5.32 Å². The normalized spacial score (nSPS) is 21.3. The first-order valence-corrected chi connectivity index (χ1v) is 6.31. The zero-order chi connectivity index (χ0) is 15.6. The number of hydrogen-bond acceptors (Lipinski definition) is 4. The Bertz CT molecular complexity index is 580. The molecule has 1 fully saturated rings. The lowest BCUT2D eigenvalue weighted by atomic mass is 10.1. The number of benzene rings is 1. The lowest BCUT2D eigenvalue weighted by Gasteiger charge is -2.14. The maximum Gasteiger partial charge on any atom is 0.337 e. The van der Waals surface area contributed by atoms with E-state index in [-0.39, 0.29) is 18.3 Å². The number of carbonyl (C=O) groups is 2. The number of nitrogens with two attached hydrogens (primary N) is 1. The number of hydrogen-bond donors (Lipinski definition) is 3. The fourth-order valence-electron chi connectivity index (χ4n) is 2.11. The third-order valence-corrected chi connectivity index (χ3v) is 3.21. The molecule has 1 aliphatic rings. The van der Waals surface area contributed by atoms with Crippen molar-refractivity contribution in [2.45, 2.75) is 25.0 Å². The van der Waals surface area contributed by atoms with Gasteiger partial charge < -0.3 is 20.9 Å². The van der Waals surface area contributed by atoms with Crippen molar-refractivity contribution >= 4 is 17.6 Å². The topological polar surface area (TPSA) is 102 Å². The number of anilines is 1. The summed E-state index contributed by atoms with van der Waals surface area (Å²) in [7, 11) is 0. The maximum absolute atomic E-state index is 13.2. The molecule has 0 bridgehead atoms. The Morgan fingerprint density at radius 1 is 1.33 bits per heavy atom. The van der Waals surface area contributed by atoms with Crippen molar-refractivity contribution in [2.24, 2.45) is 5.73 Å². The van der Waals surface area contributed by atoms with Gasteiger partial charge in [0.05, 0.1) is 17.4 Å². The Morgan fingerprint density at radius 2 is 2.00 bits per heavy atom. The summed E-state index contributed by atoms with van der Waals surface area (Å²) in [5.74, 6) is -4.64. The van der Waals surface area contributed by atoms with Crippen LogP contribution < -0.4 is 11.1 Å². The van der Waals surface area contributed by atoms with Crippen LogP contribution in [-0.2, 0) is 9.53 Å². The molecule has 1 aromatic carbocycles. The molecule has 1 heterocycles. The molecular formula is C13H14F2N2O4. The minimum absolute atomic E-state index is 0.232. The van der Waals surface area contributed by atoms with Crippen LogP contribution in [0.3, 0.4) is 0 Å². The average molecular weight is 300 g/mol. The molecule has 2 unspecified atom stereocenters. The van der Waals surface area contributed by atoms with Crippen molar-refractivity contribution in [1.29, 1.82) is 0 Å². The zero-order valence-electron chi connectivity index (χ0n) is 10.9. The van der Waals surface area contributed by atoms with E-state index < -0.39 is 35.2 Å². The Labute approximate surface area is 118 Å². The van der Waals surface area contributed by atoms with E-state index in [9.17, 15) is 18.4 Å². The Balaban J connectivity index is 2.17. The van der Waals surface area contributed by atoms with Gasteiger partial charge in [0.15, 0.2) is 11.6 Å². The van der Waals surface area contributed by atoms with Crippen LogP contribution >= 0.6 is 0 Å². The van der Waals surface area contributed by atoms with Gasteiger partial charge in [0.2, 0.25) is 0 Å². The molecule has 2 atom stereocenters. The van der Waals surface area contributed by atoms with Gasteiger partial charge in [-0.15, -0.1) is 0 Å². The van der Waals surface area contributed by atoms with Crippen molar-refractivity contribution in [3.8, 4) is 0 Å². The van der Waals surface area contributed by atoms with Crippen LogP contribution in [-0.4, -0.2) is 35.7 Å². The first-order valence-electron chi connectivity index (χ1n) is 6.31. The second-order valence-electron chi connectivity index (χ2n) is 4.67. The quantitative estimate of drug-likeness (QED) is 0.773. The first-order chi connectivity index (χ1) is 9.92. The van der Waals surface area contributed by atoms with Crippen LogP contribution in [0.5, 0.6) is 0 Å². The lowest BCUT2D eigenvalue weighted by Crippen LogP contribution is -2.30.